The second-order valence-corrected chi connectivity index (χ2v) is 4.33. The number of benzene rings is 1. The molecule has 0 radical (unpaired) electrons. The van der Waals surface area contributed by atoms with Crippen LogP contribution in [0.25, 0.3) is 0 Å². The molecule has 17 heavy (non-hydrogen) atoms. The molecule has 1 aromatic carbocycles. The molecule has 3 nitrogen and oxygen atoms in total. The summed E-state index contributed by atoms with van der Waals surface area (Å²) >= 11 is 0. The van der Waals surface area contributed by atoms with E-state index in [-0.39, 0.29) is 0 Å². The summed E-state index contributed by atoms with van der Waals surface area (Å²) in [5, 5.41) is 0. The zero-order chi connectivity index (χ0) is 12.8. The highest BCUT2D eigenvalue weighted by Gasteiger charge is 2.10. The summed E-state index contributed by atoms with van der Waals surface area (Å²) in [4.78, 5) is 0. The number of rotatable bonds is 6. The average Bonchev–Trinajstić information content (AvgIpc) is 2.31. The molecular weight excluding hydrogens is 214 g/mol. The zero-order valence-electron chi connectivity index (χ0n) is 11.3. The van der Waals surface area contributed by atoms with Crippen molar-refractivity contribution in [2.75, 3.05) is 20.3 Å². The van der Waals surface area contributed by atoms with Gasteiger partial charge in [-0.3, -0.25) is 0 Å². The molecule has 0 saturated heterocycles. The van der Waals surface area contributed by atoms with E-state index in [1.807, 2.05) is 0 Å². The second-order valence-electron chi connectivity index (χ2n) is 4.33. The summed E-state index contributed by atoms with van der Waals surface area (Å²) < 4.78 is 11.0. The van der Waals surface area contributed by atoms with E-state index in [2.05, 4.69) is 26.8 Å². The number of methoxy groups -OCH3 is 1. The first kappa shape index (κ1) is 14.0. The van der Waals surface area contributed by atoms with Crippen LogP contribution in [0.3, 0.4) is 0 Å². The van der Waals surface area contributed by atoms with Gasteiger partial charge in [-0.1, -0.05) is 0 Å². The summed E-state index contributed by atoms with van der Waals surface area (Å²) in [6, 6.07) is 2.14. The largest absolute Gasteiger partial charge is 0.496 e. The Labute approximate surface area is 104 Å². The van der Waals surface area contributed by atoms with Crippen LogP contribution in [-0.4, -0.2) is 20.3 Å². The minimum absolute atomic E-state index is 0.650. The maximum absolute atomic E-state index is 5.60. The number of ether oxygens (including phenoxy) is 2. The molecule has 0 heterocycles. The summed E-state index contributed by atoms with van der Waals surface area (Å²) in [6.07, 6.45) is 0.910. The van der Waals surface area contributed by atoms with Gasteiger partial charge in [0.2, 0.25) is 0 Å². The molecule has 2 N–H and O–H groups in total. The molecule has 0 fully saturated rings. The normalized spacial score (nSPS) is 10.6. The van der Waals surface area contributed by atoms with Gasteiger partial charge >= 0.3 is 0 Å². The highest BCUT2D eigenvalue weighted by atomic mass is 16.5. The second kappa shape index (κ2) is 6.62. The number of hydrogen-bond acceptors (Lipinski definition) is 3. The van der Waals surface area contributed by atoms with E-state index in [4.69, 9.17) is 15.2 Å². The fourth-order valence-electron chi connectivity index (χ4n) is 1.97. The lowest BCUT2D eigenvalue weighted by atomic mass is 9.99. The minimum Gasteiger partial charge on any atom is -0.496 e. The van der Waals surface area contributed by atoms with Gasteiger partial charge in [0, 0.05) is 6.61 Å². The van der Waals surface area contributed by atoms with Crippen molar-refractivity contribution in [1.82, 2.24) is 0 Å². The van der Waals surface area contributed by atoms with Gasteiger partial charge in [-0.25, -0.2) is 0 Å². The molecule has 0 saturated carbocycles. The van der Waals surface area contributed by atoms with Crippen LogP contribution in [0.15, 0.2) is 6.07 Å². The summed E-state index contributed by atoms with van der Waals surface area (Å²) in [5.41, 5.74) is 10.3. The van der Waals surface area contributed by atoms with Crippen molar-refractivity contribution < 1.29 is 9.47 Å². The van der Waals surface area contributed by atoms with E-state index >= 15 is 0 Å². The van der Waals surface area contributed by atoms with Gasteiger partial charge < -0.3 is 15.2 Å². The molecule has 0 amide bonds. The van der Waals surface area contributed by atoms with Gasteiger partial charge in [0.25, 0.3) is 0 Å². The monoisotopic (exact) mass is 237 g/mol. The first-order valence-electron chi connectivity index (χ1n) is 6.03. The van der Waals surface area contributed by atoms with Gasteiger partial charge in [0.05, 0.1) is 13.7 Å². The van der Waals surface area contributed by atoms with Crippen LogP contribution in [0.4, 0.5) is 0 Å². The Morgan fingerprint density at radius 2 is 1.88 bits per heavy atom. The van der Waals surface area contributed by atoms with Gasteiger partial charge in [-0.15, -0.1) is 0 Å². The van der Waals surface area contributed by atoms with E-state index in [0.717, 1.165) is 24.3 Å². The van der Waals surface area contributed by atoms with E-state index in [9.17, 15) is 0 Å². The molecule has 0 spiro atoms. The van der Waals surface area contributed by atoms with Crippen LogP contribution in [-0.2, 0) is 11.3 Å². The summed E-state index contributed by atoms with van der Waals surface area (Å²) in [7, 11) is 1.71. The minimum atomic E-state index is 0.650. The third-order valence-electron chi connectivity index (χ3n) is 3.09. The molecule has 0 aliphatic carbocycles. The topological polar surface area (TPSA) is 44.5 Å². The zero-order valence-corrected chi connectivity index (χ0v) is 11.3. The fraction of sp³-hybridized carbons (Fsp3) is 0.571. The summed E-state index contributed by atoms with van der Waals surface area (Å²) in [5.74, 6) is 0.980. The van der Waals surface area contributed by atoms with Crippen LogP contribution < -0.4 is 10.5 Å². The van der Waals surface area contributed by atoms with Crippen LogP contribution in [0, 0.1) is 20.8 Å². The third kappa shape index (κ3) is 3.45. The fourth-order valence-corrected chi connectivity index (χ4v) is 1.97. The molecule has 1 aromatic rings. The molecule has 0 unspecified atom stereocenters. The van der Waals surface area contributed by atoms with Crippen molar-refractivity contribution in [3.63, 3.8) is 0 Å². The Bertz CT molecular complexity index is 375. The lowest BCUT2D eigenvalue weighted by Gasteiger charge is -2.15. The van der Waals surface area contributed by atoms with E-state index < -0.39 is 0 Å². The van der Waals surface area contributed by atoms with Crippen molar-refractivity contribution in [2.45, 2.75) is 33.8 Å². The van der Waals surface area contributed by atoms with Crippen molar-refractivity contribution in [2.24, 2.45) is 5.73 Å². The molecular formula is C14H23NO2. The molecule has 0 aromatic heterocycles. The van der Waals surface area contributed by atoms with Crippen molar-refractivity contribution in [1.29, 1.82) is 0 Å². The predicted molar refractivity (Wildman–Crippen MR) is 70.5 cm³/mol. The number of aryl methyl sites for hydroxylation is 1. The molecule has 0 atom stereocenters. The van der Waals surface area contributed by atoms with Crippen molar-refractivity contribution in [3.05, 3.63) is 28.3 Å². The number of nitrogens with two attached hydrogens (primary N) is 1. The Balaban J connectivity index is 2.80. The lowest BCUT2D eigenvalue weighted by Crippen LogP contribution is -2.06. The first-order chi connectivity index (χ1) is 8.11. The molecule has 0 bridgehead atoms. The standard InChI is InChI=1S/C14H23NO2/c1-10-8-13(9-17-7-5-6-15)11(2)12(3)14(10)16-4/h8H,5-7,9,15H2,1-4H3. The Kier molecular flexibility index (Phi) is 5.45. The Morgan fingerprint density at radius 3 is 2.47 bits per heavy atom. The molecule has 3 heteroatoms. The Morgan fingerprint density at radius 1 is 1.18 bits per heavy atom. The van der Waals surface area contributed by atoms with E-state index in [1.54, 1.807) is 7.11 Å². The quantitative estimate of drug-likeness (QED) is 0.773. The van der Waals surface area contributed by atoms with Crippen molar-refractivity contribution >= 4 is 0 Å². The highest BCUT2D eigenvalue weighted by molar-refractivity contribution is 5.48. The van der Waals surface area contributed by atoms with Gasteiger partial charge in [0.1, 0.15) is 5.75 Å². The van der Waals surface area contributed by atoms with Crippen LogP contribution >= 0.6 is 0 Å². The van der Waals surface area contributed by atoms with Crippen molar-refractivity contribution in [3.8, 4) is 5.75 Å². The first-order valence-corrected chi connectivity index (χ1v) is 6.03. The van der Waals surface area contributed by atoms with Gasteiger partial charge in [-0.2, -0.15) is 0 Å². The predicted octanol–water partition coefficient (Wildman–Crippen LogP) is 2.49. The Hall–Kier alpha value is -1.06. The summed E-state index contributed by atoms with van der Waals surface area (Å²) in [6.45, 7) is 8.31. The maximum Gasteiger partial charge on any atom is 0.124 e. The van der Waals surface area contributed by atoms with Crippen LogP contribution in [0.2, 0.25) is 0 Å². The molecule has 96 valence electrons. The lowest BCUT2D eigenvalue weighted by molar-refractivity contribution is 0.119. The van der Waals surface area contributed by atoms with Crippen LogP contribution in [0.1, 0.15) is 28.7 Å². The molecule has 0 aliphatic rings. The van der Waals surface area contributed by atoms with Gasteiger partial charge in [-0.05, 0) is 62.1 Å². The molecule has 0 aliphatic heterocycles. The van der Waals surface area contributed by atoms with Gasteiger partial charge in [0.15, 0.2) is 0 Å². The SMILES string of the molecule is COc1c(C)cc(COCCCN)c(C)c1C. The molecule has 1 rings (SSSR count). The van der Waals surface area contributed by atoms with E-state index in [0.29, 0.717) is 13.2 Å². The number of hydrogen-bond donors (Lipinski definition) is 1. The smallest absolute Gasteiger partial charge is 0.124 e. The highest BCUT2D eigenvalue weighted by Crippen LogP contribution is 2.28. The third-order valence-corrected chi connectivity index (χ3v) is 3.09. The average molecular weight is 237 g/mol. The maximum atomic E-state index is 5.60. The van der Waals surface area contributed by atoms with Crippen LogP contribution in [0.5, 0.6) is 5.75 Å². The van der Waals surface area contributed by atoms with E-state index in [1.165, 1.54) is 16.7 Å².